The molecule has 2 N–H and O–H groups in total. The number of rotatable bonds is 14. The average Bonchev–Trinajstić information content (AvgIpc) is 2.71. The summed E-state index contributed by atoms with van der Waals surface area (Å²) >= 11 is 0. The first-order valence-electron chi connectivity index (χ1n) is 10.7. The van der Waals surface area contributed by atoms with Crippen LogP contribution in [-0.4, -0.2) is 63.8 Å². The maximum absolute atomic E-state index is 5.70. The summed E-state index contributed by atoms with van der Waals surface area (Å²) in [6.07, 6.45) is 3.25. The smallest absolute Gasteiger partial charge is 0.190 e. The number of nitrogens with one attached hydrogen (secondary N) is 2. The molecular formula is C22H41IN4O2. The first kappa shape index (κ1) is 27.8. The van der Waals surface area contributed by atoms with Gasteiger partial charge in [-0.15, -0.1) is 24.0 Å². The fourth-order valence-corrected chi connectivity index (χ4v) is 3.00. The Morgan fingerprint density at radius 1 is 0.931 bits per heavy atom. The molecule has 0 heterocycles. The van der Waals surface area contributed by atoms with Crippen molar-refractivity contribution in [3.05, 3.63) is 23.8 Å². The maximum Gasteiger partial charge on any atom is 0.190 e. The Morgan fingerprint density at radius 2 is 1.59 bits per heavy atom. The van der Waals surface area contributed by atoms with E-state index in [1.807, 2.05) is 27.0 Å². The molecule has 1 aromatic carbocycles. The Bertz CT molecular complexity index is 566. The van der Waals surface area contributed by atoms with Gasteiger partial charge in [0.2, 0.25) is 0 Å². The predicted octanol–water partition coefficient (Wildman–Crippen LogP) is 3.93. The lowest BCUT2D eigenvalue weighted by molar-refractivity contribution is 0.287. The molecule has 1 aromatic rings. The van der Waals surface area contributed by atoms with Crippen LogP contribution in [0.1, 0.15) is 46.1 Å². The molecule has 0 bridgehead atoms. The number of halogens is 1. The summed E-state index contributed by atoms with van der Waals surface area (Å²) in [5, 5.41) is 6.79. The molecule has 0 fully saturated rings. The van der Waals surface area contributed by atoms with E-state index in [2.05, 4.69) is 46.5 Å². The van der Waals surface area contributed by atoms with Gasteiger partial charge in [0.05, 0.1) is 13.2 Å². The topological polar surface area (TPSA) is 58.1 Å². The summed E-state index contributed by atoms with van der Waals surface area (Å²) in [5.41, 5.74) is 1.22. The van der Waals surface area contributed by atoms with E-state index >= 15 is 0 Å². The fraction of sp³-hybridized carbons (Fsp3) is 0.682. The van der Waals surface area contributed by atoms with Crippen LogP contribution in [0.5, 0.6) is 11.5 Å². The van der Waals surface area contributed by atoms with Gasteiger partial charge in [-0.05, 0) is 70.4 Å². The number of benzene rings is 1. The highest BCUT2D eigenvalue weighted by Gasteiger charge is 2.06. The summed E-state index contributed by atoms with van der Waals surface area (Å²) < 4.78 is 11.3. The van der Waals surface area contributed by atoms with Gasteiger partial charge >= 0.3 is 0 Å². The fourth-order valence-electron chi connectivity index (χ4n) is 3.00. The Kier molecular flexibility index (Phi) is 16.9. The quantitative estimate of drug-likeness (QED) is 0.169. The van der Waals surface area contributed by atoms with E-state index in [4.69, 9.17) is 9.47 Å². The van der Waals surface area contributed by atoms with Crippen LogP contribution in [0, 0.1) is 0 Å². The zero-order valence-corrected chi connectivity index (χ0v) is 21.3. The second kappa shape index (κ2) is 17.6. The van der Waals surface area contributed by atoms with Crippen LogP contribution >= 0.6 is 24.0 Å². The highest BCUT2D eigenvalue weighted by molar-refractivity contribution is 14.0. The third-order valence-corrected chi connectivity index (χ3v) is 4.63. The Morgan fingerprint density at radius 3 is 2.21 bits per heavy atom. The third kappa shape index (κ3) is 11.5. The van der Waals surface area contributed by atoms with Gasteiger partial charge in [0, 0.05) is 20.1 Å². The standard InChI is InChI=1S/C22H40N4O2.HI/c1-6-26(7-2)17-11-10-15-24-22(23-5)25-16-14-19-12-13-20(27-8-3)21(18-19)28-9-4;/h12-13,18H,6-11,14-17H2,1-5H3,(H2,23,24,25);1H. The van der Waals surface area contributed by atoms with Gasteiger partial charge in [-0.2, -0.15) is 0 Å². The lowest BCUT2D eigenvalue weighted by atomic mass is 10.1. The van der Waals surface area contributed by atoms with Gasteiger partial charge in [0.15, 0.2) is 17.5 Å². The SMILES string of the molecule is CCOc1ccc(CCNC(=NC)NCCCCN(CC)CC)cc1OCC.I. The van der Waals surface area contributed by atoms with Gasteiger partial charge in [-0.25, -0.2) is 0 Å². The minimum Gasteiger partial charge on any atom is -0.490 e. The second-order valence-corrected chi connectivity index (χ2v) is 6.56. The Hall–Kier alpha value is -1.22. The predicted molar refractivity (Wildman–Crippen MR) is 134 cm³/mol. The molecule has 0 unspecified atom stereocenters. The molecule has 0 atom stereocenters. The van der Waals surface area contributed by atoms with Gasteiger partial charge in [-0.1, -0.05) is 19.9 Å². The lowest BCUT2D eigenvalue weighted by Crippen LogP contribution is -2.39. The molecular weight excluding hydrogens is 479 g/mol. The molecule has 0 saturated heterocycles. The zero-order chi connectivity index (χ0) is 20.6. The van der Waals surface area contributed by atoms with E-state index in [0.717, 1.165) is 56.5 Å². The molecule has 0 aliphatic carbocycles. The largest absolute Gasteiger partial charge is 0.490 e. The van der Waals surface area contributed by atoms with Crippen LogP contribution in [0.4, 0.5) is 0 Å². The number of hydrogen-bond donors (Lipinski definition) is 2. The van der Waals surface area contributed by atoms with E-state index in [9.17, 15) is 0 Å². The van der Waals surface area contributed by atoms with Gasteiger partial charge in [-0.3, -0.25) is 4.99 Å². The molecule has 1 rings (SSSR count). The minimum absolute atomic E-state index is 0. The summed E-state index contributed by atoms with van der Waals surface area (Å²) in [5.74, 6) is 2.49. The third-order valence-electron chi connectivity index (χ3n) is 4.63. The number of unbranched alkanes of at least 4 members (excludes halogenated alkanes) is 1. The highest BCUT2D eigenvalue weighted by Crippen LogP contribution is 2.28. The summed E-state index contributed by atoms with van der Waals surface area (Å²) in [6.45, 7) is 14.9. The van der Waals surface area contributed by atoms with Crippen LogP contribution < -0.4 is 20.1 Å². The molecule has 0 radical (unpaired) electrons. The van der Waals surface area contributed by atoms with Crippen molar-refractivity contribution in [3.8, 4) is 11.5 Å². The first-order chi connectivity index (χ1) is 13.7. The normalized spacial score (nSPS) is 11.2. The van der Waals surface area contributed by atoms with Crippen molar-refractivity contribution in [1.29, 1.82) is 0 Å². The molecule has 6 nitrogen and oxygen atoms in total. The van der Waals surface area contributed by atoms with E-state index < -0.39 is 0 Å². The van der Waals surface area contributed by atoms with Crippen LogP contribution in [0.25, 0.3) is 0 Å². The number of guanidine groups is 1. The Labute approximate surface area is 194 Å². The van der Waals surface area contributed by atoms with E-state index in [1.165, 1.54) is 18.5 Å². The summed E-state index contributed by atoms with van der Waals surface area (Å²) in [6, 6.07) is 6.16. The van der Waals surface area contributed by atoms with Crippen molar-refractivity contribution in [2.75, 3.05) is 53.0 Å². The maximum atomic E-state index is 5.70. The van der Waals surface area contributed by atoms with E-state index in [-0.39, 0.29) is 24.0 Å². The van der Waals surface area contributed by atoms with Crippen molar-refractivity contribution in [1.82, 2.24) is 15.5 Å². The highest BCUT2D eigenvalue weighted by atomic mass is 127. The molecule has 168 valence electrons. The first-order valence-corrected chi connectivity index (χ1v) is 10.7. The van der Waals surface area contributed by atoms with Gasteiger partial charge in [0.1, 0.15) is 0 Å². The molecule has 0 aromatic heterocycles. The zero-order valence-electron chi connectivity index (χ0n) is 18.9. The summed E-state index contributed by atoms with van der Waals surface area (Å²) in [7, 11) is 1.81. The summed E-state index contributed by atoms with van der Waals surface area (Å²) in [4.78, 5) is 6.77. The molecule has 0 spiro atoms. The monoisotopic (exact) mass is 520 g/mol. The van der Waals surface area contributed by atoms with E-state index in [1.54, 1.807) is 0 Å². The van der Waals surface area contributed by atoms with Crippen LogP contribution in [0.3, 0.4) is 0 Å². The Balaban J connectivity index is 0.00000784. The second-order valence-electron chi connectivity index (χ2n) is 6.56. The molecule has 29 heavy (non-hydrogen) atoms. The average molecular weight is 521 g/mol. The number of aliphatic imine (C=N–C) groups is 1. The van der Waals surface area contributed by atoms with Gasteiger partial charge in [0.25, 0.3) is 0 Å². The van der Waals surface area contributed by atoms with Crippen molar-refractivity contribution in [2.24, 2.45) is 4.99 Å². The van der Waals surface area contributed by atoms with Crippen molar-refractivity contribution >= 4 is 29.9 Å². The van der Waals surface area contributed by atoms with E-state index in [0.29, 0.717) is 13.2 Å². The number of hydrogen-bond acceptors (Lipinski definition) is 4. The van der Waals surface area contributed by atoms with Gasteiger partial charge < -0.3 is 25.0 Å². The van der Waals surface area contributed by atoms with Crippen molar-refractivity contribution in [2.45, 2.75) is 47.0 Å². The van der Waals surface area contributed by atoms with Crippen molar-refractivity contribution < 1.29 is 9.47 Å². The molecule has 0 amide bonds. The lowest BCUT2D eigenvalue weighted by Gasteiger charge is -2.18. The van der Waals surface area contributed by atoms with Crippen LogP contribution in [0.2, 0.25) is 0 Å². The number of nitrogens with zero attached hydrogens (tertiary/aromatic N) is 2. The molecule has 0 aliphatic rings. The van der Waals surface area contributed by atoms with Crippen molar-refractivity contribution in [3.63, 3.8) is 0 Å². The minimum atomic E-state index is 0. The van der Waals surface area contributed by atoms with Crippen LogP contribution in [0.15, 0.2) is 23.2 Å². The number of ether oxygens (including phenoxy) is 2. The molecule has 0 aliphatic heterocycles. The molecule has 0 saturated carbocycles. The molecule has 7 heteroatoms. The van der Waals surface area contributed by atoms with Crippen LogP contribution in [-0.2, 0) is 6.42 Å².